The van der Waals surface area contributed by atoms with Crippen molar-refractivity contribution in [3.63, 3.8) is 0 Å². The van der Waals surface area contributed by atoms with E-state index in [9.17, 15) is 4.79 Å². The van der Waals surface area contributed by atoms with Crippen LogP contribution in [0.25, 0.3) is 16.6 Å². The van der Waals surface area contributed by atoms with Crippen molar-refractivity contribution in [2.24, 2.45) is 0 Å². The molecular formula is C20H18N4O. The Labute approximate surface area is 145 Å². The van der Waals surface area contributed by atoms with Crippen molar-refractivity contribution in [1.82, 2.24) is 20.7 Å². The summed E-state index contributed by atoms with van der Waals surface area (Å²) in [5, 5.41) is 6.42. The van der Waals surface area contributed by atoms with E-state index in [1.54, 1.807) is 11.1 Å². The van der Waals surface area contributed by atoms with Gasteiger partial charge in [0.1, 0.15) is 6.17 Å². The van der Waals surface area contributed by atoms with E-state index in [1.165, 1.54) is 5.56 Å². The lowest BCUT2D eigenvalue weighted by molar-refractivity contribution is -0.130. The number of hydrazine groups is 1. The number of fused-ring (bicyclic) bond motifs is 2. The number of benzene rings is 2. The van der Waals surface area contributed by atoms with E-state index in [4.69, 9.17) is 0 Å². The molecule has 3 N–H and O–H groups in total. The maximum absolute atomic E-state index is 12.6. The van der Waals surface area contributed by atoms with Crippen LogP contribution >= 0.6 is 0 Å². The summed E-state index contributed by atoms with van der Waals surface area (Å²) in [6.45, 7) is 0.740. The Morgan fingerprint density at radius 1 is 1.04 bits per heavy atom. The van der Waals surface area contributed by atoms with E-state index in [1.807, 2.05) is 30.5 Å². The molecule has 1 amide bonds. The van der Waals surface area contributed by atoms with Gasteiger partial charge < -0.3 is 10.3 Å². The normalized spacial score (nSPS) is 22.6. The van der Waals surface area contributed by atoms with Gasteiger partial charge in [-0.05, 0) is 28.6 Å². The maximum Gasteiger partial charge on any atom is 0.264 e. The summed E-state index contributed by atoms with van der Waals surface area (Å²) in [5.41, 5.74) is 7.40. The fraction of sp³-hybridized carbons (Fsp3) is 0.150. The van der Waals surface area contributed by atoms with E-state index in [0.29, 0.717) is 0 Å². The fourth-order valence-corrected chi connectivity index (χ4v) is 3.74. The fourth-order valence-electron chi connectivity index (χ4n) is 3.74. The van der Waals surface area contributed by atoms with Crippen LogP contribution in [-0.4, -0.2) is 28.6 Å². The zero-order chi connectivity index (χ0) is 16.8. The van der Waals surface area contributed by atoms with E-state index in [0.717, 1.165) is 28.7 Å². The molecule has 3 aromatic rings. The van der Waals surface area contributed by atoms with Gasteiger partial charge in [-0.3, -0.25) is 9.80 Å². The molecule has 2 atom stereocenters. The number of aromatic nitrogens is 1. The average Bonchev–Trinajstić information content (AvgIpc) is 3.28. The average molecular weight is 330 g/mol. The molecule has 2 aromatic carbocycles. The molecule has 1 saturated heterocycles. The van der Waals surface area contributed by atoms with Crippen molar-refractivity contribution >= 4 is 22.5 Å². The second-order valence-corrected chi connectivity index (χ2v) is 6.51. The lowest BCUT2D eigenvalue weighted by Gasteiger charge is -2.33. The number of H-pyrrole nitrogens is 1. The summed E-state index contributed by atoms with van der Waals surface area (Å²) >= 11 is 0. The van der Waals surface area contributed by atoms with Gasteiger partial charge in [-0.2, -0.15) is 0 Å². The van der Waals surface area contributed by atoms with Crippen LogP contribution in [0.4, 0.5) is 0 Å². The van der Waals surface area contributed by atoms with Crippen molar-refractivity contribution in [2.45, 2.75) is 12.1 Å². The number of aromatic amines is 1. The summed E-state index contributed by atoms with van der Waals surface area (Å²) in [6.07, 6.45) is 3.51. The third kappa shape index (κ3) is 2.32. The Bertz CT molecular complexity index is 976. The molecule has 0 spiro atoms. The van der Waals surface area contributed by atoms with Gasteiger partial charge in [0.2, 0.25) is 0 Å². The number of hydrogen-bond acceptors (Lipinski definition) is 3. The number of carbonyl (C=O) groups excluding carboxylic acids is 1. The Balaban J connectivity index is 1.50. The molecule has 5 heteroatoms. The molecule has 1 aromatic heterocycles. The van der Waals surface area contributed by atoms with E-state index >= 15 is 0 Å². The zero-order valence-corrected chi connectivity index (χ0v) is 13.6. The SMILES string of the molecule is O=C1C=C(c2ccc3cc[nH]c3c2)NC2C(c3ccccc3)CNN12. The van der Waals surface area contributed by atoms with Gasteiger partial charge in [-0.25, -0.2) is 5.43 Å². The molecule has 0 saturated carbocycles. The Morgan fingerprint density at radius 3 is 2.80 bits per heavy atom. The van der Waals surface area contributed by atoms with Crippen LogP contribution in [0.2, 0.25) is 0 Å². The molecule has 25 heavy (non-hydrogen) atoms. The largest absolute Gasteiger partial charge is 0.363 e. The second kappa shape index (κ2) is 5.50. The lowest BCUT2D eigenvalue weighted by Crippen LogP contribution is -2.52. The van der Waals surface area contributed by atoms with Gasteiger partial charge in [-0.15, -0.1) is 0 Å². The molecule has 2 unspecified atom stereocenters. The molecule has 0 radical (unpaired) electrons. The van der Waals surface area contributed by atoms with E-state index in [-0.39, 0.29) is 18.0 Å². The van der Waals surface area contributed by atoms with Crippen LogP contribution in [0.3, 0.4) is 0 Å². The minimum atomic E-state index is -0.0887. The van der Waals surface area contributed by atoms with Crippen LogP contribution in [0.5, 0.6) is 0 Å². The van der Waals surface area contributed by atoms with Gasteiger partial charge in [0, 0.05) is 35.9 Å². The smallest absolute Gasteiger partial charge is 0.264 e. The predicted octanol–water partition coefficient (Wildman–Crippen LogP) is 2.57. The minimum absolute atomic E-state index is 0.0104. The third-order valence-corrected chi connectivity index (χ3v) is 5.04. The first kappa shape index (κ1) is 14.3. The summed E-state index contributed by atoms with van der Waals surface area (Å²) in [5.74, 6) is 0.201. The molecule has 1 fully saturated rings. The highest BCUT2D eigenvalue weighted by Crippen LogP contribution is 2.31. The first-order chi connectivity index (χ1) is 12.3. The highest BCUT2D eigenvalue weighted by Gasteiger charge is 2.40. The zero-order valence-electron chi connectivity index (χ0n) is 13.6. The number of amides is 1. The van der Waals surface area contributed by atoms with Crippen molar-refractivity contribution < 1.29 is 4.79 Å². The van der Waals surface area contributed by atoms with E-state index < -0.39 is 0 Å². The Morgan fingerprint density at radius 2 is 1.92 bits per heavy atom. The minimum Gasteiger partial charge on any atom is -0.363 e. The molecule has 0 aliphatic carbocycles. The molecule has 0 bridgehead atoms. The van der Waals surface area contributed by atoms with Gasteiger partial charge in [-0.1, -0.05) is 42.5 Å². The number of carbonyl (C=O) groups is 1. The van der Waals surface area contributed by atoms with Gasteiger partial charge in [0.05, 0.1) is 0 Å². The third-order valence-electron chi connectivity index (χ3n) is 5.04. The summed E-state index contributed by atoms with van der Waals surface area (Å²) < 4.78 is 0. The number of hydrogen-bond donors (Lipinski definition) is 3. The van der Waals surface area contributed by atoms with Crippen molar-refractivity contribution in [2.75, 3.05) is 6.54 Å². The van der Waals surface area contributed by atoms with Crippen molar-refractivity contribution in [3.8, 4) is 0 Å². The van der Waals surface area contributed by atoms with Gasteiger partial charge in [0.15, 0.2) is 0 Å². The van der Waals surface area contributed by atoms with Crippen LogP contribution in [-0.2, 0) is 4.79 Å². The molecule has 5 nitrogen and oxygen atoms in total. The second-order valence-electron chi connectivity index (χ2n) is 6.51. The maximum atomic E-state index is 12.6. The van der Waals surface area contributed by atoms with Crippen molar-refractivity contribution in [1.29, 1.82) is 0 Å². The van der Waals surface area contributed by atoms with Crippen LogP contribution in [0.15, 0.2) is 66.9 Å². The number of nitrogens with one attached hydrogen (secondary N) is 3. The monoisotopic (exact) mass is 330 g/mol. The van der Waals surface area contributed by atoms with E-state index in [2.05, 4.69) is 46.1 Å². The molecule has 2 aliphatic heterocycles. The van der Waals surface area contributed by atoms with Crippen LogP contribution in [0.1, 0.15) is 17.0 Å². The van der Waals surface area contributed by atoms with Crippen molar-refractivity contribution in [3.05, 3.63) is 78.0 Å². The Hall–Kier alpha value is -3.05. The lowest BCUT2D eigenvalue weighted by atomic mass is 9.95. The number of rotatable bonds is 2. The van der Waals surface area contributed by atoms with Crippen LogP contribution < -0.4 is 10.7 Å². The Kier molecular flexibility index (Phi) is 3.15. The first-order valence-corrected chi connectivity index (χ1v) is 8.47. The molecule has 2 aliphatic rings. The summed E-state index contributed by atoms with van der Waals surface area (Å²) in [4.78, 5) is 15.8. The highest BCUT2D eigenvalue weighted by molar-refractivity contribution is 5.97. The topological polar surface area (TPSA) is 60.2 Å². The molecular weight excluding hydrogens is 312 g/mol. The summed E-state index contributed by atoms with van der Waals surface area (Å²) in [7, 11) is 0. The molecule has 5 rings (SSSR count). The van der Waals surface area contributed by atoms with Crippen LogP contribution in [0, 0.1) is 0 Å². The standard InChI is InChI=1S/C20H18N4O/c25-19-11-18(15-7-6-14-8-9-21-17(14)10-15)23-20-16(12-22-24(19)20)13-4-2-1-3-5-13/h1-11,16,20-23H,12H2. The quantitative estimate of drug-likeness (QED) is 0.677. The molecule has 3 heterocycles. The van der Waals surface area contributed by atoms with Gasteiger partial charge >= 0.3 is 0 Å². The van der Waals surface area contributed by atoms with Gasteiger partial charge in [0.25, 0.3) is 5.91 Å². The molecule has 124 valence electrons. The highest BCUT2D eigenvalue weighted by atomic mass is 16.2. The predicted molar refractivity (Wildman–Crippen MR) is 97.2 cm³/mol. The number of nitrogens with zero attached hydrogens (tertiary/aromatic N) is 1. The summed E-state index contributed by atoms with van der Waals surface area (Å²) in [6, 6.07) is 18.6. The first-order valence-electron chi connectivity index (χ1n) is 8.47.